The van der Waals surface area contributed by atoms with E-state index in [0.29, 0.717) is 34.1 Å². The van der Waals surface area contributed by atoms with Crippen molar-refractivity contribution in [3.05, 3.63) is 58.1 Å². The number of nitrogens with one attached hydrogen (secondary N) is 1. The molecule has 1 aliphatic rings. The molecular formula is C24H33Cl2N5O7S2. The molecule has 12 nitrogen and oxygen atoms in total. The molecule has 1 aromatic heterocycles. The van der Waals surface area contributed by atoms with Gasteiger partial charge in [-0.05, 0) is 50.3 Å². The molecule has 3 N–H and O–H groups in total. The summed E-state index contributed by atoms with van der Waals surface area (Å²) in [4.78, 5) is 22.3. The number of carbonyl (C=O) groups is 1. The van der Waals surface area contributed by atoms with Crippen LogP contribution in [0.1, 0.15) is 16.8 Å². The normalized spacial score (nSPS) is 14.6. The number of rotatable bonds is 6. The maximum atomic E-state index is 12.8. The van der Waals surface area contributed by atoms with Gasteiger partial charge in [-0.15, -0.1) is 0 Å². The molecule has 0 radical (unpaired) electrons. The number of para-hydroxylation sites is 2. The van der Waals surface area contributed by atoms with Gasteiger partial charge in [0.2, 0.25) is 5.95 Å². The van der Waals surface area contributed by atoms with Crippen LogP contribution in [0.15, 0.2) is 42.5 Å². The number of carbonyl (C=O) groups excluding carboxylic acids is 1. The van der Waals surface area contributed by atoms with Gasteiger partial charge in [0.05, 0.1) is 33.6 Å². The van der Waals surface area contributed by atoms with E-state index in [9.17, 15) is 21.6 Å². The minimum atomic E-state index is -3.67. The van der Waals surface area contributed by atoms with E-state index >= 15 is 0 Å². The van der Waals surface area contributed by atoms with Crippen molar-refractivity contribution in [1.29, 1.82) is 0 Å². The van der Waals surface area contributed by atoms with Crippen LogP contribution in [-0.2, 0) is 26.8 Å². The van der Waals surface area contributed by atoms with Crippen LogP contribution < -0.4 is 5.32 Å². The highest BCUT2D eigenvalue weighted by molar-refractivity contribution is 7.85. The molecule has 0 bridgehead atoms. The summed E-state index contributed by atoms with van der Waals surface area (Å²) in [5.74, 6) is 0.287. The van der Waals surface area contributed by atoms with Crippen molar-refractivity contribution in [1.82, 2.24) is 19.4 Å². The van der Waals surface area contributed by atoms with E-state index in [1.807, 2.05) is 24.3 Å². The Bertz CT molecular complexity index is 1460. The van der Waals surface area contributed by atoms with Gasteiger partial charge in [-0.1, -0.05) is 35.3 Å². The van der Waals surface area contributed by atoms with Gasteiger partial charge in [0.1, 0.15) is 0 Å². The number of nitrogens with zero attached hydrogens (tertiary/aromatic N) is 4. The predicted molar refractivity (Wildman–Crippen MR) is 158 cm³/mol. The molecule has 0 spiro atoms. The van der Waals surface area contributed by atoms with E-state index in [1.54, 1.807) is 18.2 Å². The van der Waals surface area contributed by atoms with E-state index < -0.39 is 20.2 Å². The first-order valence-corrected chi connectivity index (χ1v) is 16.4. The summed E-state index contributed by atoms with van der Waals surface area (Å²) >= 11 is 12.0. The number of aryl methyl sites for hydroxylation is 1. The van der Waals surface area contributed by atoms with Crippen LogP contribution in [0.3, 0.4) is 0 Å². The Morgan fingerprint density at radius 1 is 0.925 bits per heavy atom. The number of aromatic nitrogens is 2. The molecule has 0 aliphatic carbocycles. The second kappa shape index (κ2) is 15.1. The number of halogens is 2. The van der Waals surface area contributed by atoms with Gasteiger partial charge in [-0.2, -0.15) is 16.8 Å². The van der Waals surface area contributed by atoms with Crippen molar-refractivity contribution in [2.75, 3.05) is 57.6 Å². The summed E-state index contributed by atoms with van der Waals surface area (Å²) in [6.45, 7) is 6.23. The zero-order valence-electron chi connectivity index (χ0n) is 22.3. The Hall–Kier alpha value is -2.30. The Morgan fingerprint density at radius 3 is 2.08 bits per heavy atom. The Morgan fingerprint density at radius 2 is 1.50 bits per heavy atom. The molecule has 1 aliphatic heterocycles. The second-order valence-corrected chi connectivity index (χ2v) is 12.9. The molecule has 0 unspecified atom stereocenters. The number of benzene rings is 2. The molecule has 1 amide bonds. The number of imidazole rings is 1. The number of anilines is 1. The van der Waals surface area contributed by atoms with Gasteiger partial charge >= 0.3 is 0 Å². The third kappa shape index (κ3) is 12.9. The monoisotopic (exact) mass is 637 g/mol. The van der Waals surface area contributed by atoms with Gasteiger partial charge < -0.3 is 14.4 Å². The Balaban J connectivity index is 0.000000482. The highest BCUT2D eigenvalue weighted by atomic mass is 35.5. The van der Waals surface area contributed by atoms with Crippen LogP contribution >= 0.6 is 23.2 Å². The maximum Gasteiger partial charge on any atom is 0.261 e. The zero-order chi connectivity index (χ0) is 30.1. The molecule has 1 saturated heterocycles. The van der Waals surface area contributed by atoms with Gasteiger partial charge in [-0.25, -0.2) is 4.98 Å². The lowest BCUT2D eigenvalue weighted by molar-refractivity contribution is 0.102. The summed E-state index contributed by atoms with van der Waals surface area (Å²) in [6, 6.07) is 12.8. The van der Waals surface area contributed by atoms with Crippen molar-refractivity contribution >= 4 is 66.3 Å². The lowest BCUT2D eigenvalue weighted by Crippen LogP contribution is -2.44. The standard InChI is InChI=1S/C22H25Cl2N5O.2CH4O3S/c1-27-11-13-28(14-12-27)9-4-10-29-20-6-3-2-5-19(20)25-22(29)26-21(30)16-7-8-17(23)18(24)15-16;2*1-5(2,3)4/h2-3,5-8,15H,4,9-14H2,1H3,(H,25,26,30);2*1H3,(H,2,3,4). The average Bonchev–Trinajstić information content (AvgIpc) is 3.17. The fraction of sp³-hybridized carbons (Fsp3) is 0.417. The van der Waals surface area contributed by atoms with Gasteiger partial charge in [-0.3, -0.25) is 19.2 Å². The van der Waals surface area contributed by atoms with Crippen LogP contribution in [0, 0.1) is 0 Å². The Labute approximate surface area is 244 Å². The van der Waals surface area contributed by atoms with Crippen molar-refractivity contribution in [3.8, 4) is 0 Å². The molecule has 2 heterocycles. The lowest BCUT2D eigenvalue weighted by atomic mass is 10.2. The van der Waals surface area contributed by atoms with Crippen LogP contribution in [0.2, 0.25) is 10.0 Å². The van der Waals surface area contributed by atoms with Gasteiger partial charge in [0.25, 0.3) is 26.1 Å². The number of hydrogen-bond acceptors (Lipinski definition) is 8. The SMILES string of the molecule is CN1CCN(CCCn2c(NC(=O)c3ccc(Cl)c(Cl)c3)nc3ccccc32)CC1.CS(=O)(=O)O.CS(=O)(=O)O. The molecule has 3 aromatic rings. The number of piperazine rings is 1. The first-order valence-electron chi connectivity index (χ1n) is 12.0. The molecule has 4 rings (SSSR count). The summed E-state index contributed by atoms with van der Waals surface area (Å²) in [6.07, 6.45) is 2.42. The lowest BCUT2D eigenvalue weighted by Gasteiger charge is -2.32. The Kier molecular flexibility index (Phi) is 12.8. The van der Waals surface area contributed by atoms with Crippen LogP contribution in [0.4, 0.5) is 5.95 Å². The largest absolute Gasteiger partial charge is 0.310 e. The molecular weight excluding hydrogens is 605 g/mol. The summed E-state index contributed by atoms with van der Waals surface area (Å²) in [5.41, 5.74) is 2.32. The van der Waals surface area contributed by atoms with E-state index in [2.05, 4.69) is 31.7 Å². The minimum Gasteiger partial charge on any atom is -0.310 e. The quantitative estimate of drug-likeness (QED) is 0.342. The van der Waals surface area contributed by atoms with Crippen LogP contribution in [0.25, 0.3) is 11.0 Å². The minimum absolute atomic E-state index is 0.260. The average molecular weight is 639 g/mol. The maximum absolute atomic E-state index is 12.8. The first-order chi connectivity index (χ1) is 18.5. The van der Waals surface area contributed by atoms with E-state index in [4.69, 9.17) is 32.3 Å². The zero-order valence-corrected chi connectivity index (χ0v) is 25.4. The van der Waals surface area contributed by atoms with E-state index in [0.717, 1.165) is 56.7 Å². The van der Waals surface area contributed by atoms with E-state index in [-0.39, 0.29) is 5.91 Å². The van der Waals surface area contributed by atoms with Gasteiger partial charge in [0.15, 0.2) is 0 Å². The molecule has 0 atom stereocenters. The first kappa shape index (κ1) is 33.9. The third-order valence-corrected chi connectivity index (χ3v) is 6.25. The van der Waals surface area contributed by atoms with Gasteiger partial charge in [0, 0.05) is 38.3 Å². The predicted octanol–water partition coefficient (Wildman–Crippen LogP) is 3.24. The summed E-state index contributed by atoms with van der Waals surface area (Å²) < 4.78 is 53.8. The molecule has 1 fully saturated rings. The molecule has 16 heteroatoms. The van der Waals surface area contributed by atoms with Crippen molar-refractivity contribution in [2.24, 2.45) is 0 Å². The molecule has 40 heavy (non-hydrogen) atoms. The molecule has 0 saturated carbocycles. The topological polar surface area (TPSA) is 162 Å². The smallest absolute Gasteiger partial charge is 0.261 e. The number of fused-ring (bicyclic) bond motifs is 1. The fourth-order valence-electron chi connectivity index (χ4n) is 3.73. The summed E-state index contributed by atoms with van der Waals surface area (Å²) in [7, 11) is -5.17. The van der Waals surface area contributed by atoms with Crippen LogP contribution in [-0.4, -0.2) is 103 Å². The number of amides is 1. The second-order valence-electron chi connectivity index (χ2n) is 9.12. The summed E-state index contributed by atoms with van der Waals surface area (Å²) in [5, 5.41) is 3.72. The van der Waals surface area contributed by atoms with Crippen molar-refractivity contribution in [2.45, 2.75) is 13.0 Å². The molecule has 2 aromatic carbocycles. The van der Waals surface area contributed by atoms with E-state index in [1.165, 1.54) is 0 Å². The highest BCUT2D eigenvalue weighted by Gasteiger charge is 2.17. The molecule has 222 valence electrons. The van der Waals surface area contributed by atoms with Crippen molar-refractivity contribution in [3.63, 3.8) is 0 Å². The van der Waals surface area contributed by atoms with Crippen LogP contribution in [0.5, 0.6) is 0 Å². The number of hydrogen-bond donors (Lipinski definition) is 3. The van der Waals surface area contributed by atoms with Crippen molar-refractivity contribution < 1.29 is 30.7 Å². The fourth-order valence-corrected chi connectivity index (χ4v) is 4.03. The highest BCUT2D eigenvalue weighted by Crippen LogP contribution is 2.24. The third-order valence-electron chi connectivity index (χ3n) is 5.51. The number of likely N-dealkylation sites (N-methyl/N-ethyl adjacent to an activating group) is 1.